The second-order valence-electron chi connectivity index (χ2n) is 10.9. The third-order valence-electron chi connectivity index (χ3n) is 8.00. The number of carbonyl (C=O) groups excluding carboxylic acids is 1. The van der Waals surface area contributed by atoms with Crippen LogP contribution >= 0.6 is 0 Å². The Balaban J connectivity index is 1.15. The number of nitrogens with zero attached hydrogens (tertiary/aromatic N) is 2. The van der Waals surface area contributed by atoms with Gasteiger partial charge in [0.15, 0.2) is 0 Å². The van der Waals surface area contributed by atoms with E-state index in [-0.39, 0.29) is 22.7 Å². The lowest BCUT2D eigenvalue weighted by molar-refractivity contribution is -0.384. The maximum atomic E-state index is 13.1. The van der Waals surface area contributed by atoms with Gasteiger partial charge in [-0.3, -0.25) is 14.9 Å². The van der Waals surface area contributed by atoms with Crippen LogP contribution in [0.4, 0.5) is 11.4 Å². The number of H-pyrrole nitrogens is 1. The molecule has 3 heterocycles. The summed E-state index contributed by atoms with van der Waals surface area (Å²) in [5.74, 6) is -0.112. The second kappa shape index (κ2) is 11.1. The van der Waals surface area contributed by atoms with E-state index in [1.165, 1.54) is 30.5 Å². The lowest BCUT2D eigenvalue weighted by atomic mass is 9.69. The zero-order valence-electron chi connectivity index (χ0n) is 22.5. The number of benzene rings is 2. The minimum atomic E-state index is -4.45. The van der Waals surface area contributed by atoms with Crippen molar-refractivity contribution in [3.63, 3.8) is 0 Å². The second-order valence-corrected chi connectivity index (χ2v) is 12.6. The number of carbonyl (C=O) groups is 1. The first-order valence-corrected chi connectivity index (χ1v) is 15.1. The highest BCUT2D eigenvalue weighted by molar-refractivity contribution is 7.90. The van der Waals surface area contributed by atoms with Crippen molar-refractivity contribution in [3.8, 4) is 11.5 Å². The van der Waals surface area contributed by atoms with Crippen LogP contribution in [0.2, 0.25) is 0 Å². The Bertz CT molecular complexity index is 1760. The van der Waals surface area contributed by atoms with Gasteiger partial charge in [0.25, 0.3) is 21.6 Å². The SMILES string of the molecule is O=C(NS(=O)(=O)c1ccc(NCC2CCC3(CC2)COC3)c([N+](=O)[O-])c1)c1ccccc1Oc1cnc2[nH]ccc2c1. The zero-order valence-corrected chi connectivity index (χ0v) is 23.4. The summed E-state index contributed by atoms with van der Waals surface area (Å²) in [6, 6.07) is 13.3. The Morgan fingerprint density at radius 1 is 1.14 bits per heavy atom. The van der Waals surface area contributed by atoms with Gasteiger partial charge in [-0.25, -0.2) is 18.1 Å². The molecule has 218 valence electrons. The molecule has 1 aliphatic carbocycles. The van der Waals surface area contributed by atoms with E-state index in [0.717, 1.165) is 50.3 Å². The molecule has 1 aliphatic heterocycles. The number of hydrogen-bond donors (Lipinski definition) is 3. The van der Waals surface area contributed by atoms with Gasteiger partial charge in [0, 0.05) is 29.6 Å². The minimum absolute atomic E-state index is 0.0363. The lowest BCUT2D eigenvalue weighted by Crippen LogP contribution is -2.45. The molecule has 0 atom stereocenters. The van der Waals surface area contributed by atoms with E-state index in [9.17, 15) is 23.3 Å². The standard InChI is InChI=1S/C29H29N5O7S/c35-28(23-3-1-2-4-26(23)41-21-13-20-9-12-30-27(20)32-16-21)33-42(38,39)22-5-6-24(25(14-22)34(36)37)31-15-19-7-10-29(11-8-19)17-40-18-29/h1-6,9,12-14,16,19,31H,7-8,10-11,15,17-18H2,(H,30,32)(H,33,35). The zero-order chi connectivity index (χ0) is 29.3. The number of nitro groups is 1. The molecule has 12 nitrogen and oxygen atoms in total. The number of para-hydroxylation sites is 1. The van der Waals surface area contributed by atoms with Crippen LogP contribution in [-0.2, 0) is 14.8 Å². The number of aromatic amines is 1. The summed E-state index contributed by atoms with van der Waals surface area (Å²) >= 11 is 0. The Morgan fingerprint density at radius 3 is 2.67 bits per heavy atom. The van der Waals surface area contributed by atoms with Gasteiger partial charge in [-0.1, -0.05) is 12.1 Å². The quantitative estimate of drug-likeness (QED) is 0.179. The highest BCUT2D eigenvalue weighted by Crippen LogP contribution is 2.44. The molecule has 1 saturated carbocycles. The summed E-state index contributed by atoms with van der Waals surface area (Å²) < 4.78 is 39.5. The Kier molecular flexibility index (Phi) is 7.29. The van der Waals surface area contributed by atoms with E-state index in [1.807, 2.05) is 10.8 Å². The van der Waals surface area contributed by atoms with Gasteiger partial charge in [0.2, 0.25) is 0 Å². The number of nitrogens with one attached hydrogen (secondary N) is 3. The van der Waals surface area contributed by atoms with Crippen LogP contribution in [0.15, 0.2) is 71.9 Å². The molecule has 13 heteroatoms. The Morgan fingerprint density at radius 2 is 1.93 bits per heavy atom. The van der Waals surface area contributed by atoms with Gasteiger partial charge in [-0.2, -0.15) is 0 Å². The number of fused-ring (bicyclic) bond motifs is 1. The molecule has 0 unspecified atom stereocenters. The fourth-order valence-corrected chi connectivity index (χ4v) is 6.47. The first-order valence-electron chi connectivity index (χ1n) is 13.6. The van der Waals surface area contributed by atoms with Crippen LogP contribution in [0.5, 0.6) is 11.5 Å². The number of amides is 1. The molecule has 2 aromatic heterocycles. The summed E-state index contributed by atoms with van der Waals surface area (Å²) in [6.07, 6.45) is 7.37. The molecule has 2 aromatic carbocycles. The number of hydrogen-bond acceptors (Lipinski definition) is 9. The molecule has 1 amide bonds. The molecule has 0 bridgehead atoms. The first kappa shape index (κ1) is 27.7. The van der Waals surface area contributed by atoms with Gasteiger partial charge in [0.1, 0.15) is 22.8 Å². The smallest absolute Gasteiger partial charge is 0.293 e. The van der Waals surface area contributed by atoms with Crippen LogP contribution in [0.3, 0.4) is 0 Å². The maximum Gasteiger partial charge on any atom is 0.293 e. The van der Waals surface area contributed by atoms with Crippen molar-refractivity contribution < 1.29 is 27.6 Å². The molecule has 6 rings (SSSR count). The number of pyridine rings is 1. The van der Waals surface area contributed by atoms with Gasteiger partial charge >= 0.3 is 0 Å². The van der Waals surface area contributed by atoms with E-state index < -0.39 is 25.7 Å². The number of rotatable bonds is 9. The van der Waals surface area contributed by atoms with Crippen molar-refractivity contribution in [2.45, 2.75) is 30.6 Å². The third kappa shape index (κ3) is 5.65. The average Bonchev–Trinajstić information content (AvgIpc) is 3.43. The van der Waals surface area contributed by atoms with Gasteiger partial charge in [-0.05, 0) is 68.0 Å². The largest absolute Gasteiger partial charge is 0.455 e. The summed E-state index contributed by atoms with van der Waals surface area (Å²) in [4.78, 5) is 31.1. The predicted octanol–water partition coefficient (Wildman–Crippen LogP) is 5.00. The van der Waals surface area contributed by atoms with Crippen LogP contribution in [0, 0.1) is 21.4 Å². The Hall–Kier alpha value is -4.49. The van der Waals surface area contributed by atoms with E-state index in [2.05, 4.69) is 15.3 Å². The average molecular weight is 592 g/mol. The molecule has 1 spiro atoms. The molecule has 3 N–H and O–H groups in total. The first-order chi connectivity index (χ1) is 20.2. The van der Waals surface area contributed by atoms with Crippen LogP contribution in [0.25, 0.3) is 11.0 Å². The predicted molar refractivity (Wildman–Crippen MR) is 154 cm³/mol. The van der Waals surface area contributed by atoms with E-state index >= 15 is 0 Å². The number of anilines is 1. The highest BCUT2D eigenvalue weighted by atomic mass is 32.2. The fourth-order valence-electron chi connectivity index (χ4n) is 5.49. The molecule has 4 aromatic rings. The number of sulfonamides is 1. The number of ether oxygens (including phenoxy) is 2. The topological polar surface area (TPSA) is 166 Å². The molecule has 1 saturated heterocycles. The van der Waals surface area contributed by atoms with E-state index in [0.29, 0.717) is 29.3 Å². The van der Waals surface area contributed by atoms with Crippen LogP contribution in [0.1, 0.15) is 36.0 Å². The van der Waals surface area contributed by atoms with Crippen molar-refractivity contribution in [1.29, 1.82) is 0 Å². The Labute approximate surface area is 241 Å². The van der Waals surface area contributed by atoms with Gasteiger partial charge in [-0.15, -0.1) is 0 Å². The molecule has 42 heavy (non-hydrogen) atoms. The van der Waals surface area contributed by atoms with E-state index in [1.54, 1.807) is 24.4 Å². The van der Waals surface area contributed by atoms with Crippen molar-refractivity contribution in [2.75, 3.05) is 25.1 Å². The van der Waals surface area contributed by atoms with Gasteiger partial charge in [0.05, 0.1) is 34.8 Å². The molecule has 0 radical (unpaired) electrons. The maximum absolute atomic E-state index is 13.1. The molecular weight excluding hydrogens is 562 g/mol. The monoisotopic (exact) mass is 591 g/mol. The van der Waals surface area contributed by atoms with Crippen molar-refractivity contribution in [2.24, 2.45) is 11.3 Å². The molecule has 2 aliphatic rings. The van der Waals surface area contributed by atoms with Crippen molar-refractivity contribution >= 4 is 38.3 Å². The summed E-state index contributed by atoms with van der Waals surface area (Å²) in [6.45, 7) is 2.17. The molecule has 2 fully saturated rings. The third-order valence-corrected chi connectivity index (χ3v) is 9.33. The van der Waals surface area contributed by atoms with E-state index in [4.69, 9.17) is 9.47 Å². The summed E-state index contributed by atoms with van der Waals surface area (Å²) in [7, 11) is -4.45. The number of nitro benzene ring substituents is 1. The van der Waals surface area contributed by atoms with Crippen molar-refractivity contribution in [1.82, 2.24) is 14.7 Å². The normalized spacial score (nSPS) is 16.6. The van der Waals surface area contributed by atoms with Crippen LogP contribution < -0.4 is 14.8 Å². The van der Waals surface area contributed by atoms with Crippen molar-refractivity contribution in [3.05, 3.63) is 82.7 Å². The fraction of sp³-hybridized carbons (Fsp3) is 0.310. The lowest BCUT2D eigenvalue weighted by Gasteiger charge is -2.46. The minimum Gasteiger partial charge on any atom is -0.455 e. The van der Waals surface area contributed by atoms with Gasteiger partial charge < -0.3 is 19.8 Å². The molecular formula is C29H29N5O7S. The van der Waals surface area contributed by atoms with Crippen LogP contribution in [-0.4, -0.2) is 49.0 Å². The number of aromatic nitrogens is 2. The summed E-state index contributed by atoms with van der Waals surface area (Å²) in [5.41, 5.74) is 0.779. The highest BCUT2D eigenvalue weighted by Gasteiger charge is 2.41. The summed E-state index contributed by atoms with van der Waals surface area (Å²) in [5, 5.41) is 15.8.